The molecule has 124 valence electrons. The van der Waals surface area contributed by atoms with Crippen molar-refractivity contribution in [3.63, 3.8) is 0 Å². The molecular weight excluding hydrogens is 305 g/mol. The number of hydrogen-bond donors (Lipinski definition) is 1. The van der Waals surface area contributed by atoms with E-state index in [9.17, 15) is 4.39 Å². The van der Waals surface area contributed by atoms with E-state index >= 15 is 0 Å². The fourth-order valence-electron chi connectivity index (χ4n) is 3.17. The minimum atomic E-state index is -0.213. The van der Waals surface area contributed by atoms with Crippen LogP contribution in [0.15, 0.2) is 53.5 Å². The van der Waals surface area contributed by atoms with Crippen LogP contribution in [-0.2, 0) is 4.74 Å². The van der Waals surface area contributed by atoms with E-state index in [0.717, 1.165) is 48.8 Å². The van der Waals surface area contributed by atoms with Crippen molar-refractivity contribution < 1.29 is 9.13 Å². The molecule has 1 N–H and O–H groups in total. The molecule has 5 heteroatoms. The lowest BCUT2D eigenvalue weighted by molar-refractivity contribution is -0.00768. The van der Waals surface area contributed by atoms with Gasteiger partial charge in [-0.1, -0.05) is 36.4 Å². The van der Waals surface area contributed by atoms with E-state index in [0.29, 0.717) is 6.61 Å². The molecule has 4 nitrogen and oxygen atoms in total. The van der Waals surface area contributed by atoms with Crippen molar-refractivity contribution in [1.29, 1.82) is 0 Å². The van der Waals surface area contributed by atoms with Gasteiger partial charge in [0.2, 0.25) is 0 Å². The molecule has 2 heterocycles. The number of guanidine groups is 1. The normalized spacial score (nSPS) is 20.6. The van der Waals surface area contributed by atoms with Crippen LogP contribution in [0.2, 0.25) is 0 Å². The first kappa shape index (κ1) is 15.1. The minimum absolute atomic E-state index is 0.0473. The topological polar surface area (TPSA) is 36.9 Å². The average molecular weight is 325 g/mol. The fourth-order valence-corrected chi connectivity index (χ4v) is 3.17. The second-order valence-corrected chi connectivity index (χ2v) is 6.07. The number of nitrogens with one attached hydrogen (secondary N) is 1. The Balaban J connectivity index is 1.49. The quantitative estimate of drug-likeness (QED) is 0.922. The molecule has 0 bridgehead atoms. The number of rotatable bonds is 2. The van der Waals surface area contributed by atoms with Crippen LogP contribution in [-0.4, -0.2) is 43.6 Å². The summed E-state index contributed by atoms with van der Waals surface area (Å²) in [7, 11) is 0. The third-order valence-corrected chi connectivity index (χ3v) is 4.48. The zero-order chi connectivity index (χ0) is 16.4. The van der Waals surface area contributed by atoms with Crippen molar-refractivity contribution in [2.45, 2.75) is 6.10 Å². The Morgan fingerprint density at radius 2 is 1.75 bits per heavy atom. The number of halogens is 1. The lowest BCUT2D eigenvalue weighted by atomic mass is 10.0. The Labute approximate surface area is 141 Å². The molecule has 0 unspecified atom stereocenters. The molecular formula is C19H20FN3O. The van der Waals surface area contributed by atoms with Gasteiger partial charge in [0, 0.05) is 13.1 Å². The summed E-state index contributed by atoms with van der Waals surface area (Å²) in [4.78, 5) is 6.75. The third kappa shape index (κ3) is 3.12. The van der Waals surface area contributed by atoms with E-state index in [-0.39, 0.29) is 11.9 Å². The van der Waals surface area contributed by atoms with Crippen LogP contribution >= 0.6 is 0 Å². The number of aliphatic imine (C=N–C) groups is 1. The Morgan fingerprint density at radius 1 is 1.04 bits per heavy atom. The summed E-state index contributed by atoms with van der Waals surface area (Å²) in [6, 6.07) is 14.9. The monoisotopic (exact) mass is 325 g/mol. The summed E-state index contributed by atoms with van der Waals surface area (Å²) < 4.78 is 19.0. The molecule has 0 aliphatic carbocycles. The van der Waals surface area contributed by atoms with Crippen LogP contribution in [0.4, 0.5) is 4.39 Å². The van der Waals surface area contributed by atoms with Crippen molar-refractivity contribution in [2.75, 3.05) is 32.8 Å². The standard InChI is InChI=1S/C19H20FN3O/c20-17-7-5-15(6-8-17)14-1-3-16(4-2-14)18-13-23(11-12-24-18)19-21-9-10-22-19/h1-8,18H,9-13H2,(H,21,22)/t18-/m0/s1. The highest BCUT2D eigenvalue weighted by atomic mass is 19.1. The summed E-state index contributed by atoms with van der Waals surface area (Å²) in [5.41, 5.74) is 3.25. The third-order valence-electron chi connectivity index (χ3n) is 4.48. The van der Waals surface area contributed by atoms with Gasteiger partial charge in [-0.25, -0.2) is 4.39 Å². The van der Waals surface area contributed by atoms with Gasteiger partial charge >= 0.3 is 0 Å². The summed E-state index contributed by atoms with van der Waals surface area (Å²) in [6.45, 7) is 4.15. The highest BCUT2D eigenvalue weighted by Crippen LogP contribution is 2.26. The maximum absolute atomic E-state index is 13.0. The summed E-state index contributed by atoms with van der Waals surface area (Å²) in [6.07, 6.45) is 0.0473. The van der Waals surface area contributed by atoms with E-state index in [1.54, 1.807) is 12.1 Å². The molecule has 2 aromatic carbocycles. The second-order valence-electron chi connectivity index (χ2n) is 6.07. The zero-order valence-electron chi connectivity index (χ0n) is 13.4. The molecule has 1 fully saturated rings. The van der Waals surface area contributed by atoms with Crippen molar-refractivity contribution in [1.82, 2.24) is 10.2 Å². The number of morpholine rings is 1. The molecule has 0 aromatic heterocycles. The average Bonchev–Trinajstić information content (AvgIpc) is 3.17. The lowest BCUT2D eigenvalue weighted by Crippen LogP contribution is -2.46. The number of hydrogen-bond acceptors (Lipinski definition) is 4. The largest absolute Gasteiger partial charge is 0.370 e. The number of nitrogens with zero attached hydrogens (tertiary/aromatic N) is 2. The summed E-state index contributed by atoms with van der Waals surface area (Å²) in [5.74, 6) is 0.778. The van der Waals surface area contributed by atoms with E-state index < -0.39 is 0 Å². The molecule has 24 heavy (non-hydrogen) atoms. The Hall–Kier alpha value is -2.40. The first-order valence-electron chi connectivity index (χ1n) is 8.30. The van der Waals surface area contributed by atoms with Gasteiger partial charge < -0.3 is 15.0 Å². The molecule has 0 amide bonds. The van der Waals surface area contributed by atoms with Crippen LogP contribution < -0.4 is 5.32 Å². The lowest BCUT2D eigenvalue weighted by Gasteiger charge is -2.34. The predicted molar refractivity (Wildman–Crippen MR) is 92.4 cm³/mol. The van der Waals surface area contributed by atoms with E-state index in [4.69, 9.17) is 4.74 Å². The smallest absolute Gasteiger partial charge is 0.194 e. The fraction of sp³-hybridized carbons (Fsp3) is 0.316. The van der Waals surface area contributed by atoms with Crippen molar-refractivity contribution >= 4 is 5.96 Å². The molecule has 4 rings (SSSR count). The first-order valence-corrected chi connectivity index (χ1v) is 8.30. The van der Waals surface area contributed by atoms with Gasteiger partial charge in [-0.15, -0.1) is 0 Å². The molecule has 2 aliphatic rings. The SMILES string of the molecule is Fc1ccc(-c2ccc([C@@H]3CN(C4=NCCN4)CCO3)cc2)cc1. The van der Waals surface area contributed by atoms with E-state index in [1.165, 1.54) is 12.1 Å². The highest BCUT2D eigenvalue weighted by Gasteiger charge is 2.25. The first-order chi connectivity index (χ1) is 11.8. The van der Waals surface area contributed by atoms with Gasteiger partial charge in [0.25, 0.3) is 0 Å². The minimum Gasteiger partial charge on any atom is -0.370 e. The molecule has 0 radical (unpaired) electrons. The van der Waals surface area contributed by atoms with Gasteiger partial charge in [0.1, 0.15) is 11.9 Å². The molecule has 0 spiro atoms. The highest BCUT2D eigenvalue weighted by molar-refractivity contribution is 5.81. The molecule has 2 aliphatic heterocycles. The second kappa shape index (κ2) is 6.61. The van der Waals surface area contributed by atoms with Crippen LogP contribution in [0, 0.1) is 5.82 Å². The Morgan fingerprint density at radius 3 is 2.42 bits per heavy atom. The van der Waals surface area contributed by atoms with Crippen molar-refractivity contribution in [2.24, 2.45) is 4.99 Å². The molecule has 1 atom stereocenters. The van der Waals surface area contributed by atoms with Crippen LogP contribution in [0.25, 0.3) is 11.1 Å². The number of ether oxygens (including phenoxy) is 1. The van der Waals surface area contributed by atoms with Gasteiger partial charge in [-0.3, -0.25) is 4.99 Å². The Bertz CT molecular complexity index is 727. The Kier molecular flexibility index (Phi) is 4.17. The predicted octanol–water partition coefficient (Wildman–Crippen LogP) is 2.83. The van der Waals surface area contributed by atoms with Gasteiger partial charge in [-0.2, -0.15) is 0 Å². The van der Waals surface area contributed by atoms with Crippen LogP contribution in [0.5, 0.6) is 0 Å². The number of benzene rings is 2. The van der Waals surface area contributed by atoms with Gasteiger partial charge in [-0.05, 0) is 28.8 Å². The summed E-state index contributed by atoms with van der Waals surface area (Å²) >= 11 is 0. The maximum atomic E-state index is 13.0. The van der Waals surface area contributed by atoms with E-state index in [2.05, 4.69) is 39.5 Å². The van der Waals surface area contributed by atoms with Gasteiger partial charge in [0.05, 0.1) is 19.7 Å². The summed E-state index contributed by atoms with van der Waals surface area (Å²) in [5, 5.41) is 3.32. The van der Waals surface area contributed by atoms with Crippen LogP contribution in [0.3, 0.4) is 0 Å². The van der Waals surface area contributed by atoms with Crippen LogP contribution in [0.1, 0.15) is 11.7 Å². The maximum Gasteiger partial charge on any atom is 0.194 e. The molecule has 2 aromatic rings. The van der Waals surface area contributed by atoms with Gasteiger partial charge in [0.15, 0.2) is 5.96 Å². The van der Waals surface area contributed by atoms with Crippen molar-refractivity contribution in [3.8, 4) is 11.1 Å². The zero-order valence-corrected chi connectivity index (χ0v) is 13.4. The van der Waals surface area contributed by atoms with Crippen molar-refractivity contribution in [3.05, 3.63) is 59.9 Å². The molecule has 1 saturated heterocycles. The van der Waals surface area contributed by atoms with E-state index in [1.807, 2.05) is 0 Å². The molecule has 0 saturated carbocycles.